The van der Waals surface area contributed by atoms with Crippen LogP contribution in [0.2, 0.25) is 0 Å². The molecule has 21 heavy (non-hydrogen) atoms. The third-order valence-electron chi connectivity index (χ3n) is 4.10. The van der Waals surface area contributed by atoms with E-state index in [1.165, 1.54) is 25.8 Å². The fraction of sp³-hybridized carbons (Fsp3) is 0.667. The van der Waals surface area contributed by atoms with Crippen LogP contribution < -0.4 is 0 Å². The minimum absolute atomic E-state index is 0.254. The number of carboxylic acid groups (broad SMARTS) is 1. The summed E-state index contributed by atoms with van der Waals surface area (Å²) in [5, 5.41) is 13.6. The first kappa shape index (κ1) is 17.2. The van der Waals surface area contributed by atoms with E-state index in [9.17, 15) is 14.7 Å². The van der Waals surface area contributed by atoms with Crippen LogP contribution in [-0.2, 0) is 4.79 Å². The van der Waals surface area contributed by atoms with Crippen LogP contribution >= 0.6 is 0 Å². The lowest BCUT2D eigenvalue weighted by molar-refractivity contribution is -0.147. The van der Waals surface area contributed by atoms with E-state index in [0.717, 1.165) is 18.5 Å². The summed E-state index contributed by atoms with van der Waals surface area (Å²) in [6.07, 6.45) is 1.87. The summed E-state index contributed by atoms with van der Waals surface area (Å²) in [5.74, 6) is -1.43. The number of nitrogens with zero attached hydrogens (tertiary/aromatic N) is 3. The standard InChI is InChI=1S/C15H25N3O3/c1-7-11(8-2)18-10(3)9-12(16-18)13(19)17(6)15(4,5)14(20)21/h9,11H,7-8H2,1-6H3,(H,20,21). The van der Waals surface area contributed by atoms with E-state index in [0.29, 0.717) is 0 Å². The van der Waals surface area contributed by atoms with Gasteiger partial charge in [0.25, 0.3) is 5.91 Å². The number of rotatable bonds is 6. The van der Waals surface area contributed by atoms with Gasteiger partial charge in [0.1, 0.15) is 5.54 Å². The largest absolute Gasteiger partial charge is 0.480 e. The molecular weight excluding hydrogens is 270 g/mol. The van der Waals surface area contributed by atoms with Crippen molar-refractivity contribution in [2.45, 2.75) is 59.0 Å². The maximum absolute atomic E-state index is 12.4. The molecule has 0 bridgehead atoms. The molecule has 1 heterocycles. The van der Waals surface area contributed by atoms with Crippen molar-refractivity contribution >= 4 is 11.9 Å². The number of carboxylic acids is 1. The van der Waals surface area contributed by atoms with Gasteiger partial charge in [-0.25, -0.2) is 4.79 Å². The molecule has 6 heteroatoms. The topological polar surface area (TPSA) is 75.4 Å². The zero-order valence-corrected chi connectivity index (χ0v) is 13.7. The number of aryl methyl sites for hydroxylation is 1. The summed E-state index contributed by atoms with van der Waals surface area (Å²) in [7, 11) is 1.49. The fourth-order valence-electron chi connectivity index (χ4n) is 2.17. The lowest BCUT2D eigenvalue weighted by Crippen LogP contribution is -2.50. The monoisotopic (exact) mass is 295 g/mol. The van der Waals surface area contributed by atoms with Crippen LogP contribution in [0.4, 0.5) is 0 Å². The average Bonchev–Trinajstić information content (AvgIpc) is 2.80. The Labute approximate surface area is 125 Å². The van der Waals surface area contributed by atoms with E-state index in [-0.39, 0.29) is 17.6 Å². The summed E-state index contributed by atoms with van der Waals surface area (Å²) < 4.78 is 1.86. The van der Waals surface area contributed by atoms with Crippen LogP contribution in [0.15, 0.2) is 6.07 Å². The molecule has 6 nitrogen and oxygen atoms in total. The van der Waals surface area contributed by atoms with Crippen LogP contribution in [0, 0.1) is 6.92 Å². The number of likely N-dealkylation sites (N-methyl/N-ethyl adjacent to an activating group) is 1. The van der Waals surface area contributed by atoms with E-state index in [4.69, 9.17) is 0 Å². The quantitative estimate of drug-likeness (QED) is 0.875. The highest BCUT2D eigenvalue weighted by Crippen LogP contribution is 2.20. The Morgan fingerprint density at radius 1 is 1.38 bits per heavy atom. The number of carbonyl (C=O) groups excluding carboxylic acids is 1. The minimum Gasteiger partial charge on any atom is -0.480 e. The molecule has 0 saturated carbocycles. The average molecular weight is 295 g/mol. The van der Waals surface area contributed by atoms with Gasteiger partial charge in [-0.3, -0.25) is 9.48 Å². The number of hydrogen-bond acceptors (Lipinski definition) is 3. The molecule has 0 aliphatic heterocycles. The van der Waals surface area contributed by atoms with Crippen molar-refractivity contribution in [2.24, 2.45) is 0 Å². The highest BCUT2D eigenvalue weighted by atomic mass is 16.4. The number of hydrogen-bond donors (Lipinski definition) is 1. The highest BCUT2D eigenvalue weighted by molar-refractivity contribution is 5.96. The van der Waals surface area contributed by atoms with E-state index in [1.807, 2.05) is 11.6 Å². The number of aromatic nitrogens is 2. The van der Waals surface area contributed by atoms with Gasteiger partial charge in [-0.05, 0) is 39.7 Å². The predicted molar refractivity (Wildman–Crippen MR) is 80.4 cm³/mol. The molecule has 1 aromatic rings. The van der Waals surface area contributed by atoms with E-state index in [2.05, 4.69) is 18.9 Å². The van der Waals surface area contributed by atoms with Gasteiger partial charge in [0.05, 0.1) is 6.04 Å². The van der Waals surface area contributed by atoms with Gasteiger partial charge in [-0.2, -0.15) is 5.10 Å². The number of aliphatic carboxylic acids is 1. The molecule has 0 aromatic carbocycles. The Balaban J connectivity index is 3.10. The maximum Gasteiger partial charge on any atom is 0.329 e. The minimum atomic E-state index is -1.27. The van der Waals surface area contributed by atoms with Crippen LogP contribution in [0.1, 0.15) is 62.8 Å². The van der Waals surface area contributed by atoms with Crippen molar-refractivity contribution in [2.75, 3.05) is 7.05 Å². The molecule has 0 fully saturated rings. The van der Waals surface area contributed by atoms with Crippen molar-refractivity contribution in [3.8, 4) is 0 Å². The summed E-state index contributed by atoms with van der Waals surface area (Å²) in [6.45, 7) is 9.06. The van der Waals surface area contributed by atoms with Crippen LogP contribution in [0.5, 0.6) is 0 Å². The van der Waals surface area contributed by atoms with Gasteiger partial charge < -0.3 is 10.0 Å². The number of carbonyl (C=O) groups is 2. The van der Waals surface area contributed by atoms with Gasteiger partial charge in [-0.1, -0.05) is 13.8 Å². The summed E-state index contributed by atoms with van der Waals surface area (Å²) in [4.78, 5) is 24.9. The van der Waals surface area contributed by atoms with Crippen LogP contribution in [-0.4, -0.2) is 44.3 Å². The van der Waals surface area contributed by atoms with Gasteiger partial charge in [0.15, 0.2) is 5.69 Å². The van der Waals surface area contributed by atoms with Gasteiger partial charge in [0.2, 0.25) is 0 Å². The molecule has 0 unspecified atom stereocenters. The smallest absolute Gasteiger partial charge is 0.329 e. The zero-order chi connectivity index (χ0) is 16.4. The molecule has 1 amide bonds. The van der Waals surface area contributed by atoms with Crippen molar-refractivity contribution in [3.63, 3.8) is 0 Å². The molecular formula is C15H25N3O3. The molecule has 0 spiro atoms. The molecule has 0 radical (unpaired) electrons. The first-order chi connectivity index (χ1) is 9.66. The van der Waals surface area contributed by atoms with Crippen molar-refractivity contribution in [3.05, 3.63) is 17.5 Å². The number of amides is 1. The van der Waals surface area contributed by atoms with Crippen LogP contribution in [0.3, 0.4) is 0 Å². The predicted octanol–water partition coefficient (Wildman–Crippen LogP) is 2.49. The molecule has 1 aromatic heterocycles. The second-order valence-corrected chi connectivity index (χ2v) is 5.81. The SMILES string of the molecule is CCC(CC)n1nc(C(=O)N(C)C(C)(C)C(=O)O)cc1C. The van der Waals surface area contributed by atoms with E-state index < -0.39 is 11.5 Å². The highest BCUT2D eigenvalue weighted by Gasteiger charge is 2.36. The second kappa shape index (κ2) is 6.28. The molecule has 0 aliphatic rings. The lowest BCUT2D eigenvalue weighted by atomic mass is 10.0. The Morgan fingerprint density at radius 3 is 2.33 bits per heavy atom. The van der Waals surface area contributed by atoms with Crippen molar-refractivity contribution in [1.82, 2.24) is 14.7 Å². The summed E-state index contributed by atoms with van der Waals surface area (Å²) in [6, 6.07) is 1.97. The fourth-order valence-corrected chi connectivity index (χ4v) is 2.17. The molecule has 1 rings (SSSR count). The Bertz CT molecular complexity index is 530. The van der Waals surface area contributed by atoms with E-state index >= 15 is 0 Å². The first-order valence-electron chi connectivity index (χ1n) is 7.24. The van der Waals surface area contributed by atoms with Crippen LogP contribution in [0.25, 0.3) is 0 Å². The normalized spacial score (nSPS) is 11.8. The summed E-state index contributed by atoms with van der Waals surface area (Å²) >= 11 is 0. The Hall–Kier alpha value is -1.85. The van der Waals surface area contributed by atoms with E-state index in [1.54, 1.807) is 6.07 Å². The Morgan fingerprint density at radius 2 is 1.90 bits per heavy atom. The van der Waals surface area contributed by atoms with Gasteiger partial charge >= 0.3 is 5.97 Å². The molecule has 118 valence electrons. The first-order valence-corrected chi connectivity index (χ1v) is 7.24. The van der Waals surface area contributed by atoms with Gasteiger partial charge in [-0.15, -0.1) is 0 Å². The summed E-state index contributed by atoms with van der Waals surface area (Å²) in [5.41, 5.74) is -0.0752. The zero-order valence-electron chi connectivity index (χ0n) is 13.7. The van der Waals surface area contributed by atoms with Crippen molar-refractivity contribution < 1.29 is 14.7 Å². The molecule has 0 atom stereocenters. The molecule has 1 N–H and O–H groups in total. The molecule has 0 saturated heterocycles. The Kier molecular flexibility index (Phi) is 5.15. The second-order valence-electron chi connectivity index (χ2n) is 5.81. The third kappa shape index (κ3) is 3.25. The molecule has 0 aliphatic carbocycles. The lowest BCUT2D eigenvalue weighted by Gasteiger charge is -2.30. The van der Waals surface area contributed by atoms with Gasteiger partial charge in [0, 0.05) is 12.7 Å². The third-order valence-corrected chi connectivity index (χ3v) is 4.10. The maximum atomic E-state index is 12.4. The van der Waals surface area contributed by atoms with Crippen molar-refractivity contribution in [1.29, 1.82) is 0 Å².